The second-order valence-corrected chi connectivity index (χ2v) is 3.79. The summed E-state index contributed by atoms with van der Waals surface area (Å²) in [4.78, 5) is 0. The highest BCUT2D eigenvalue weighted by Crippen LogP contribution is 2.38. The molecule has 0 fully saturated rings. The first kappa shape index (κ1) is 7.04. The molecule has 1 aromatic heterocycles. The highest BCUT2D eigenvalue weighted by Gasteiger charge is 2.31. The number of hydrogen-bond acceptors (Lipinski definition) is 1. The van der Waals surface area contributed by atoms with Crippen LogP contribution in [0.5, 0.6) is 0 Å². The lowest BCUT2D eigenvalue weighted by atomic mass is 10.5. The third kappa shape index (κ3) is 1.67. The Kier molecular flexibility index (Phi) is 1.78. The number of aromatic nitrogens is 1. The lowest BCUT2D eigenvalue weighted by Gasteiger charge is -1.98. The van der Waals surface area contributed by atoms with Crippen LogP contribution in [0.15, 0.2) is 6.20 Å². The van der Waals surface area contributed by atoms with Crippen molar-refractivity contribution in [3.05, 3.63) is 11.5 Å². The lowest BCUT2D eigenvalue weighted by Crippen LogP contribution is -2.00. The fraction of sp³-hybridized carbons (Fsp3) is 0.333. The Hall–Kier alpha value is -0.0700. The van der Waals surface area contributed by atoms with Gasteiger partial charge in [-0.2, -0.15) is 13.2 Å². The molecule has 0 saturated heterocycles. The number of alkyl halides is 3. The summed E-state index contributed by atoms with van der Waals surface area (Å²) < 4.78 is 38.4. The average Bonchev–Trinajstić information content (AvgIpc) is 2.08. The summed E-state index contributed by atoms with van der Waals surface area (Å²) in [5, 5.41) is -0.527. The van der Waals surface area contributed by atoms with Gasteiger partial charge in [0.2, 0.25) is 0 Å². The van der Waals surface area contributed by atoms with Gasteiger partial charge in [-0.3, -0.25) is 0 Å². The zero-order chi connectivity index (χ0) is 6.91. The molecule has 9 heavy (non-hydrogen) atoms. The maximum absolute atomic E-state index is 11.6. The first-order valence-electron chi connectivity index (χ1n) is 2.03. The summed E-state index contributed by atoms with van der Waals surface area (Å²) in [7, 11) is 0.345. The van der Waals surface area contributed by atoms with Crippen molar-refractivity contribution in [1.82, 2.24) is 4.75 Å². The maximum atomic E-state index is 11.6. The van der Waals surface area contributed by atoms with Crippen LogP contribution in [0.3, 0.4) is 0 Å². The smallest absolute Gasteiger partial charge is 0.243 e. The van der Waals surface area contributed by atoms with Crippen molar-refractivity contribution in [3.63, 3.8) is 0 Å². The molecule has 0 aliphatic carbocycles. The fourth-order valence-corrected chi connectivity index (χ4v) is 2.26. The van der Waals surface area contributed by atoms with Gasteiger partial charge in [0.25, 0.3) is 0 Å². The summed E-state index contributed by atoms with van der Waals surface area (Å²) in [6.07, 6.45) is -3.26. The summed E-state index contributed by atoms with van der Waals surface area (Å²) in [5.74, 6) is 0. The molecule has 0 aliphatic heterocycles. The van der Waals surface area contributed by atoms with Crippen LogP contribution < -0.4 is 0 Å². The van der Waals surface area contributed by atoms with E-state index in [1.54, 1.807) is 0 Å². The van der Waals surface area contributed by atoms with E-state index < -0.39 is 11.5 Å². The largest absolute Gasteiger partial charge is 0.422 e. The molecular formula is C3H2F3NP2. The van der Waals surface area contributed by atoms with E-state index >= 15 is 0 Å². The van der Waals surface area contributed by atoms with Crippen LogP contribution in [0.1, 0.15) is 5.30 Å². The molecular weight excluding hydrogens is 169 g/mol. The summed E-state index contributed by atoms with van der Waals surface area (Å²) in [6.45, 7) is 0. The Bertz CT molecular complexity index is 179. The van der Waals surface area contributed by atoms with Crippen molar-refractivity contribution in [2.24, 2.45) is 0 Å². The predicted octanol–water partition coefficient (Wildman–Crippen LogP) is 2.71. The molecule has 0 aliphatic rings. The van der Waals surface area contributed by atoms with E-state index in [0.717, 1.165) is 6.20 Å². The predicted molar refractivity (Wildman–Crippen MR) is 31.3 cm³/mol. The van der Waals surface area contributed by atoms with Gasteiger partial charge >= 0.3 is 6.18 Å². The van der Waals surface area contributed by atoms with Crippen LogP contribution in [-0.4, -0.2) is 4.75 Å². The molecule has 0 amide bonds. The molecule has 1 rings (SSSR count). The number of nitrogens with zero attached hydrogens (tertiary/aromatic N) is 1. The van der Waals surface area contributed by atoms with E-state index in [1.165, 1.54) is 0 Å². The van der Waals surface area contributed by atoms with Crippen molar-refractivity contribution in [2.45, 2.75) is 6.18 Å². The minimum absolute atomic E-state index is 0.0471. The van der Waals surface area contributed by atoms with Crippen LogP contribution in [-0.2, 0) is 6.18 Å². The molecule has 1 atom stereocenters. The van der Waals surface area contributed by atoms with Gasteiger partial charge in [0.1, 0.15) is 5.30 Å². The van der Waals surface area contributed by atoms with Crippen LogP contribution in [0.25, 0.3) is 0 Å². The normalized spacial score (nSPS) is 13.7. The van der Waals surface area contributed by atoms with E-state index in [2.05, 4.69) is 4.75 Å². The Morgan fingerprint density at radius 2 is 2.22 bits per heavy atom. The number of rotatable bonds is 0. The van der Waals surface area contributed by atoms with Gasteiger partial charge in [-0.25, -0.2) is 4.75 Å². The van der Waals surface area contributed by atoms with Gasteiger partial charge in [0, 0.05) is 6.20 Å². The van der Waals surface area contributed by atoms with Gasteiger partial charge in [-0.1, -0.05) is 0 Å². The van der Waals surface area contributed by atoms with Crippen LogP contribution in [0.4, 0.5) is 13.2 Å². The second kappa shape index (κ2) is 2.28. The third-order valence-electron chi connectivity index (χ3n) is 0.705. The molecule has 6 heteroatoms. The lowest BCUT2D eigenvalue weighted by molar-refractivity contribution is -0.134. The van der Waals surface area contributed by atoms with Crippen LogP contribution in [0.2, 0.25) is 0 Å². The van der Waals surface area contributed by atoms with Crippen LogP contribution >= 0.6 is 15.9 Å². The summed E-state index contributed by atoms with van der Waals surface area (Å²) in [5.41, 5.74) is 0. The van der Waals surface area contributed by atoms with Crippen molar-refractivity contribution in [2.75, 3.05) is 0 Å². The monoisotopic (exact) mass is 171 g/mol. The SMILES string of the molecule is FC(F)(F)c1cn[pH]p1. The van der Waals surface area contributed by atoms with Crippen LogP contribution in [0, 0.1) is 0 Å². The molecule has 1 heterocycles. The number of hydrogen-bond donors (Lipinski definition) is 0. The number of halogens is 3. The Morgan fingerprint density at radius 1 is 1.56 bits per heavy atom. The highest BCUT2D eigenvalue weighted by molar-refractivity contribution is 7.89. The van der Waals surface area contributed by atoms with Crippen molar-refractivity contribution in [1.29, 1.82) is 0 Å². The molecule has 0 aromatic carbocycles. The topological polar surface area (TPSA) is 12.9 Å². The molecule has 1 unspecified atom stereocenters. The minimum atomic E-state index is -4.16. The molecule has 0 N–H and O–H groups in total. The molecule has 1 nitrogen and oxygen atoms in total. The quantitative estimate of drug-likeness (QED) is 0.584. The van der Waals surface area contributed by atoms with Crippen molar-refractivity contribution >= 4 is 15.9 Å². The minimum Gasteiger partial charge on any atom is -0.243 e. The molecule has 1 aromatic rings. The van der Waals surface area contributed by atoms with E-state index in [-0.39, 0.29) is 8.03 Å². The van der Waals surface area contributed by atoms with E-state index in [1.807, 2.05) is 0 Å². The van der Waals surface area contributed by atoms with Crippen molar-refractivity contribution < 1.29 is 13.2 Å². The highest BCUT2D eigenvalue weighted by atomic mass is 31.8. The zero-order valence-corrected chi connectivity index (χ0v) is 6.00. The average molecular weight is 171 g/mol. The van der Waals surface area contributed by atoms with Crippen molar-refractivity contribution in [3.8, 4) is 0 Å². The first-order valence-corrected chi connectivity index (χ1v) is 4.72. The summed E-state index contributed by atoms with van der Waals surface area (Å²) in [6, 6.07) is 0. The maximum Gasteiger partial charge on any atom is 0.422 e. The van der Waals surface area contributed by atoms with E-state index in [4.69, 9.17) is 0 Å². The van der Waals surface area contributed by atoms with Gasteiger partial charge < -0.3 is 0 Å². The zero-order valence-electron chi connectivity index (χ0n) is 4.11. The Labute approximate surface area is 52.4 Å². The molecule has 0 spiro atoms. The van der Waals surface area contributed by atoms with E-state index in [0.29, 0.717) is 7.87 Å². The standard InChI is InChI=1S/C3H2F3NP2/c4-3(5,6)2-1-7-9-8-2/h1,9H. The van der Waals surface area contributed by atoms with E-state index in [9.17, 15) is 13.2 Å². The second-order valence-electron chi connectivity index (χ2n) is 1.35. The van der Waals surface area contributed by atoms with Gasteiger partial charge in [-0.15, -0.1) is 0 Å². The Morgan fingerprint density at radius 3 is 2.44 bits per heavy atom. The molecule has 0 radical (unpaired) electrons. The Balaban J connectivity index is 2.90. The van der Waals surface area contributed by atoms with Gasteiger partial charge in [-0.05, 0) is 15.9 Å². The third-order valence-corrected chi connectivity index (χ3v) is 3.03. The van der Waals surface area contributed by atoms with Gasteiger partial charge in [0.15, 0.2) is 0 Å². The molecule has 0 bridgehead atoms. The molecule has 0 saturated carbocycles. The molecule has 50 valence electrons. The fourth-order valence-electron chi connectivity index (χ4n) is 0.338. The first-order chi connectivity index (χ1) is 4.11. The van der Waals surface area contributed by atoms with Gasteiger partial charge in [0.05, 0.1) is 0 Å². The summed E-state index contributed by atoms with van der Waals surface area (Å²) >= 11 is 0.